The summed E-state index contributed by atoms with van der Waals surface area (Å²) in [5.41, 5.74) is 0. The fraction of sp³-hybridized carbons (Fsp3) is 0.909. The summed E-state index contributed by atoms with van der Waals surface area (Å²) in [6.45, 7) is 6.84. The highest BCUT2D eigenvalue weighted by Crippen LogP contribution is 2.01. The van der Waals surface area contributed by atoms with Crippen LogP contribution in [-0.2, 0) is 9.53 Å². The van der Waals surface area contributed by atoms with Gasteiger partial charge in [-0.05, 0) is 12.8 Å². The van der Waals surface area contributed by atoms with Gasteiger partial charge in [0.25, 0.3) is 0 Å². The van der Waals surface area contributed by atoms with Gasteiger partial charge in [0.15, 0.2) is 0 Å². The zero-order valence-electron chi connectivity index (χ0n) is 10.6. The van der Waals surface area contributed by atoms with Gasteiger partial charge in [-0.3, -0.25) is 4.79 Å². The van der Waals surface area contributed by atoms with Crippen LogP contribution in [0, 0.1) is 5.92 Å². The Morgan fingerprint density at radius 1 is 1.38 bits per heavy atom. The molecule has 0 aromatic heterocycles. The van der Waals surface area contributed by atoms with Crippen LogP contribution in [0.5, 0.6) is 0 Å². The van der Waals surface area contributed by atoms with Crippen LogP contribution in [0.3, 0.4) is 0 Å². The molecule has 2 atom stereocenters. The second-order valence-corrected chi connectivity index (χ2v) is 4.21. The number of hydrogen-bond acceptors (Lipinski definition) is 4. The SMILES string of the molecule is COCCNC(=O)C(C)N[C@H](CO)C(C)C. The van der Waals surface area contributed by atoms with E-state index in [2.05, 4.69) is 10.6 Å². The second kappa shape index (κ2) is 8.50. The lowest BCUT2D eigenvalue weighted by molar-refractivity contribution is -0.123. The molecule has 0 radical (unpaired) electrons. The number of carbonyl (C=O) groups excluding carboxylic acids is 1. The number of hydrogen-bond donors (Lipinski definition) is 3. The van der Waals surface area contributed by atoms with Crippen LogP contribution in [0.2, 0.25) is 0 Å². The Morgan fingerprint density at radius 2 is 2.00 bits per heavy atom. The molecular formula is C11H24N2O3. The summed E-state index contributed by atoms with van der Waals surface area (Å²) in [5.74, 6) is 0.218. The van der Waals surface area contributed by atoms with Crippen LogP contribution >= 0.6 is 0 Å². The van der Waals surface area contributed by atoms with E-state index in [4.69, 9.17) is 9.84 Å². The number of aliphatic hydroxyl groups is 1. The maximum Gasteiger partial charge on any atom is 0.236 e. The van der Waals surface area contributed by atoms with Gasteiger partial charge in [0.2, 0.25) is 5.91 Å². The molecule has 0 aromatic rings. The van der Waals surface area contributed by atoms with Crippen LogP contribution < -0.4 is 10.6 Å². The summed E-state index contributed by atoms with van der Waals surface area (Å²) in [4.78, 5) is 11.6. The van der Waals surface area contributed by atoms with E-state index >= 15 is 0 Å². The Hall–Kier alpha value is -0.650. The standard InChI is InChI=1S/C11H24N2O3/c1-8(2)10(7-14)13-9(3)11(15)12-5-6-16-4/h8-10,13-14H,5-7H2,1-4H3,(H,12,15)/t9?,10-/m1/s1. The van der Waals surface area contributed by atoms with E-state index in [9.17, 15) is 4.79 Å². The molecule has 0 saturated heterocycles. The highest BCUT2D eigenvalue weighted by atomic mass is 16.5. The number of nitrogens with one attached hydrogen (secondary N) is 2. The summed E-state index contributed by atoms with van der Waals surface area (Å²) in [6.07, 6.45) is 0. The first-order chi connectivity index (χ1) is 7.52. The van der Waals surface area contributed by atoms with Crippen LogP contribution in [-0.4, -0.2) is 50.0 Å². The van der Waals surface area contributed by atoms with Crippen molar-refractivity contribution in [2.24, 2.45) is 5.92 Å². The molecule has 3 N–H and O–H groups in total. The number of aliphatic hydroxyl groups excluding tert-OH is 1. The van der Waals surface area contributed by atoms with Gasteiger partial charge in [-0.15, -0.1) is 0 Å². The maximum atomic E-state index is 11.6. The molecule has 0 aliphatic heterocycles. The number of ether oxygens (including phenoxy) is 1. The van der Waals surface area contributed by atoms with Gasteiger partial charge in [-0.2, -0.15) is 0 Å². The fourth-order valence-corrected chi connectivity index (χ4v) is 1.28. The topological polar surface area (TPSA) is 70.6 Å². The smallest absolute Gasteiger partial charge is 0.236 e. The Morgan fingerprint density at radius 3 is 2.44 bits per heavy atom. The van der Waals surface area contributed by atoms with Gasteiger partial charge in [-0.1, -0.05) is 13.8 Å². The van der Waals surface area contributed by atoms with Crippen LogP contribution in [0.25, 0.3) is 0 Å². The molecule has 5 nitrogen and oxygen atoms in total. The van der Waals surface area contributed by atoms with Gasteiger partial charge >= 0.3 is 0 Å². The van der Waals surface area contributed by atoms with E-state index in [0.29, 0.717) is 19.1 Å². The largest absolute Gasteiger partial charge is 0.395 e. The molecule has 0 bridgehead atoms. The van der Waals surface area contributed by atoms with Crippen molar-refractivity contribution in [1.29, 1.82) is 0 Å². The predicted molar refractivity (Wildman–Crippen MR) is 63.2 cm³/mol. The molecule has 96 valence electrons. The van der Waals surface area contributed by atoms with E-state index in [0.717, 1.165) is 0 Å². The predicted octanol–water partition coefficient (Wildman–Crippen LogP) is -0.256. The zero-order chi connectivity index (χ0) is 12.6. The minimum absolute atomic E-state index is 0.0351. The van der Waals surface area contributed by atoms with Gasteiger partial charge in [-0.25, -0.2) is 0 Å². The van der Waals surface area contributed by atoms with E-state index in [1.807, 2.05) is 13.8 Å². The Bertz CT molecular complexity index is 198. The van der Waals surface area contributed by atoms with E-state index in [-0.39, 0.29) is 24.6 Å². The Balaban J connectivity index is 3.93. The molecule has 0 saturated carbocycles. The van der Waals surface area contributed by atoms with Crippen LogP contribution in [0.15, 0.2) is 0 Å². The molecule has 0 heterocycles. The summed E-state index contributed by atoms with van der Waals surface area (Å²) in [5, 5.41) is 15.0. The van der Waals surface area contributed by atoms with E-state index in [1.54, 1.807) is 14.0 Å². The normalized spacial score (nSPS) is 14.9. The third-order valence-electron chi connectivity index (χ3n) is 2.46. The minimum Gasteiger partial charge on any atom is -0.395 e. The molecule has 0 spiro atoms. The van der Waals surface area contributed by atoms with Crippen LogP contribution in [0.4, 0.5) is 0 Å². The average Bonchev–Trinajstić information content (AvgIpc) is 2.25. The molecule has 1 unspecified atom stereocenters. The lowest BCUT2D eigenvalue weighted by Gasteiger charge is -2.24. The highest BCUT2D eigenvalue weighted by molar-refractivity contribution is 5.81. The molecule has 0 aliphatic carbocycles. The first-order valence-electron chi connectivity index (χ1n) is 5.66. The summed E-state index contributed by atoms with van der Waals surface area (Å²) in [7, 11) is 1.59. The molecule has 0 fully saturated rings. The fourth-order valence-electron chi connectivity index (χ4n) is 1.28. The number of carbonyl (C=O) groups is 1. The van der Waals surface area contributed by atoms with Crippen LogP contribution in [0.1, 0.15) is 20.8 Å². The van der Waals surface area contributed by atoms with Crippen molar-refractivity contribution in [2.75, 3.05) is 26.9 Å². The first kappa shape index (κ1) is 15.3. The molecule has 1 amide bonds. The third kappa shape index (κ3) is 6.05. The van der Waals surface area contributed by atoms with Crippen molar-refractivity contribution in [2.45, 2.75) is 32.9 Å². The highest BCUT2D eigenvalue weighted by Gasteiger charge is 2.19. The summed E-state index contributed by atoms with van der Waals surface area (Å²) < 4.78 is 4.84. The van der Waals surface area contributed by atoms with Crippen molar-refractivity contribution in [3.8, 4) is 0 Å². The molecule has 16 heavy (non-hydrogen) atoms. The monoisotopic (exact) mass is 232 g/mol. The number of methoxy groups -OCH3 is 1. The molecular weight excluding hydrogens is 208 g/mol. The van der Waals surface area contributed by atoms with Crippen molar-refractivity contribution < 1.29 is 14.6 Å². The molecule has 0 aromatic carbocycles. The van der Waals surface area contributed by atoms with E-state index < -0.39 is 0 Å². The third-order valence-corrected chi connectivity index (χ3v) is 2.46. The van der Waals surface area contributed by atoms with Crippen molar-refractivity contribution >= 4 is 5.91 Å². The lowest BCUT2D eigenvalue weighted by Crippen LogP contribution is -2.50. The summed E-state index contributed by atoms with van der Waals surface area (Å²) in [6, 6.07) is -0.361. The minimum atomic E-state index is -0.309. The number of rotatable bonds is 8. The summed E-state index contributed by atoms with van der Waals surface area (Å²) >= 11 is 0. The Kier molecular flexibility index (Phi) is 8.15. The van der Waals surface area contributed by atoms with Gasteiger partial charge in [0, 0.05) is 19.7 Å². The second-order valence-electron chi connectivity index (χ2n) is 4.21. The van der Waals surface area contributed by atoms with E-state index in [1.165, 1.54) is 0 Å². The molecule has 5 heteroatoms. The van der Waals surface area contributed by atoms with Gasteiger partial charge in [0.1, 0.15) is 0 Å². The molecule has 0 aliphatic rings. The Labute approximate surface area is 97.6 Å². The molecule has 0 rings (SSSR count). The number of amides is 1. The average molecular weight is 232 g/mol. The lowest BCUT2D eigenvalue weighted by atomic mass is 10.0. The zero-order valence-corrected chi connectivity index (χ0v) is 10.6. The quantitative estimate of drug-likeness (QED) is 0.504. The maximum absolute atomic E-state index is 11.6. The van der Waals surface area contributed by atoms with Crippen molar-refractivity contribution in [3.63, 3.8) is 0 Å². The van der Waals surface area contributed by atoms with Crippen molar-refractivity contribution in [1.82, 2.24) is 10.6 Å². The first-order valence-corrected chi connectivity index (χ1v) is 5.66. The van der Waals surface area contributed by atoms with Gasteiger partial charge in [0.05, 0.1) is 19.3 Å². The van der Waals surface area contributed by atoms with Gasteiger partial charge < -0.3 is 20.5 Å². The van der Waals surface area contributed by atoms with Crippen molar-refractivity contribution in [3.05, 3.63) is 0 Å².